The van der Waals surface area contributed by atoms with E-state index in [-0.39, 0.29) is 5.54 Å². The largest absolute Gasteiger partial charge is 0.298 e. The van der Waals surface area contributed by atoms with E-state index in [1.165, 1.54) is 37.7 Å². The molecule has 0 amide bonds. The first-order valence-corrected chi connectivity index (χ1v) is 8.64. The minimum atomic E-state index is -0.102. The molecule has 0 unspecified atom stereocenters. The zero-order chi connectivity index (χ0) is 14.5. The van der Waals surface area contributed by atoms with E-state index in [1.54, 1.807) is 0 Å². The zero-order valence-corrected chi connectivity index (χ0v) is 13.0. The molecular weight excluding hydrogens is 258 g/mol. The Hall–Kier alpha value is -1.15. The Labute approximate surface area is 128 Å². The Morgan fingerprint density at radius 3 is 2.29 bits per heavy atom. The van der Waals surface area contributed by atoms with E-state index >= 15 is 0 Å². The predicted molar refractivity (Wildman–Crippen MR) is 86.4 cm³/mol. The van der Waals surface area contributed by atoms with Crippen LogP contribution < -0.4 is 0 Å². The van der Waals surface area contributed by atoms with Crippen LogP contribution in [0.2, 0.25) is 0 Å². The number of ketones is 1. The fraction of sp³-hybridized carbons (Fsp3) is 0.632. The van der Waals surface area contributed by atoms with Crippen LogP contribution in [0, 0.1) is 0 Å². The Morgan fingerprint density at radius 2 is 1.62 bits per heavy atom. The normalized spacial score (nSPS) is 22.3. The predicted octanol–water partition coefficient (Wildman–Crippen LogP) is 3.99. The Balaban J connectivity index is 1.67. The molecule has 1 aliphatic carbocycles. The highest BCUT2D eigenvalue weighted by Gasteiger charge is 2.45. The van der Waals surface area contributed by atoms with Gasteiger partial charge in [0.1, 0.15) is 0 Å². The fourth-order valence-corrected chi connectivity index (χ4v) is 4.19. The van der Waals surface area contributed by atoms with E-state index < -0.39 is 0 Å². The van der Waals surface area contributed by atoms with Crippen molar-refractivity contribution >= 4 is 5.78 Å². The number of carbonyl (C=O) groups excluding carboxylic acids is 1. The van der Waals surface area contributed by atoms with Gasteiger partial charge in [-0.2, -0.15) is 0 Å². The van der Waals surface area contributed by atoms with E-state index in [1.807, 2.05) is 6.07 Å². The molecule has 2 fully saturated rings. The molecule has 114 valence electrons. The standard InChI is InChI=1S/C19H27NO/c21-18(12-11-17-9-3-1-4-10-17)19(13-5-6-14-19)20-15-7-2-8-16-20/h1,3-4,9-10H,2,5-8,11-16H2. The number of hydrogen-bond acceptors (Lipinski definition) is 2. The van der Waals surface area contributed by atoms with Gasteiger partial charge in [0.15, 0.2) is 5.78 Å². The van der Waals surface area contributed by atoms with Crippen molar-refractivity contribution < 1.29 is 4.79 Å². The van der Waals surface area contributed by atoms with Crippen molar-refractivity contribution in [3.63, 3.8) is 0 Å². The molecule has 2 aliphatic rings. The lowest BCUT2D eigenvalue weighted by Gasteiger charge is -2.42. The van der Waals surface area contributed by atoms with E-state index in [9.17, 15) is 4.79 Å². The van der Waals surface area contributed by atoms with Crippen molar-refractivity contribution in [1.29, 1.82) is 0 Å². The second-order valence-corrected chi connectivity index (χ2v) is 6.70. The molecule has 1 saturated carbocycles. The van der Waals surface area contributed by atoms with Gasteiger partial charge in [-0.05, 0) is 50.8 Å². The maximum atomic E-state index is 13.0. The summed E-state index contributed by atoms with van der Waals surface area (Å²) >= 11 is 0. The first kappa shape index (κ1) is 14.8. The van der Waals surface area contributed by atoms with Crippen molar-refractivity contribution in [3.05, 3.63) is 35.9 Å². The summed E-state index contributed by atoms with van der Waals surface area (Å²) in [4.78, 5) is 15.5. The highest BCUT2D eigenvalue weighted by molar-refractivity contribution is 5.89. The fourth-order valence-electron chi connectivity index (χ4n) is 4.19. The van der Waals surface area contributed by atoms with Gasteiger partial charge in [0.2, 0.25) is 0 Å². The molecule has 1 aromatic carbocycles. The van der Waals surface area contributed by atoms with Crippen molar-refractivity contribution in [1.82, 2.24) is 4.90 Å². The molecule has 0 spiro atoms. The number of piperidine rings is 1. The lowest BCUT2D eigenvalue weighted by atomic mass is 9.85. The third-order valence-corrected chi connectivity index (χ3v) is 5.39. The van der Waals surface area contributed by atoms with Crippen molar-refractivity contribution in [2.45, 2.75) is 63.3 Å². The van der Waals surface area contributed by atoms with E-state index in [0.29, 0.717) is 12.2 Å². The minimum Gasteiger partial charge on any atom is -0.298 e. The molecule has 0 atom stereocenters. The van der Waals surface area contributed by atoms with Crippen LogP contribution >= 0.6 is 0 Å². The van der Waals surface area contributed by atoms with Crippen LogP contribution in [-0.4, -0.2) is 29.3 Å². The number of rotatable bonds is 5. The van der Waals surface area contributed by atoms with E-state index in [2.05, 4.69) is 29.2 Å². The number of aryl methyl sites for hydroxylation is 1. The molecule has 0 aromatic heterocycles. The molecule has 1 saturated heterocycles. The molecule has 0 bridgehead atoms. The van der Waals surface area contributed by atoms with Crippen LogP contribution in [0.1, 0.15) is 56.9 Å². The van der Waals surface area contributed by atoms with Gasteiger partial charge in [-0.15, -0.1) is 0 Å². The highest BCUT2D eigenvalue weighted by Crippen LogP contribution is 2.38. The van der Waals surface area contributed by atoms with Crippen LogP contribution in [0.25, 0.3) is 0 Å². The van der Waals surface area contributed by atoms with Crippen molar-refractivity contribution in [2.24, 2.45) is 0 Å². The van der Waals surface area contributed by atoms with Gasteiger partial charge in [0, 0.05) is 6.42 Å². The molecule has 1 aliphatic heterocycles. The maximum absolute atomic E-state index is 13.0. The summed E-state index contributed by atoms with van der Waals surface area (Å²) in [6, 6.07) is 10.4. The SMILES string of the molecule is O=C(CCc1ccccc1)C1(N2CCCCC2)CCCC1. The Bertz CT molecular complexity index is 456. The molecule has 1 aromatic rings. The summed E-state index contributed by atoms with van der Waals surface area (Å²) in [5.74, 6) is 0.505. The summed E-state index contributed by atoms with van der Waals surface area (Å²) in [6.07, 6.45) is 10.1. The number of likely N-dealkylation sites (tertiary alicyclic amines) is 1. The summed E-state index contributed by atoms with van der Waals surface area (Å²) in [5.41, 5.74) is 1.19. The lowest BCUT2D eigenvalue weighted by Crippen LogP contribution is -2.54. The summed E-state index contributed by atoms with van der Waals surface area (Å²) < 4.78 is 0. The van der Waals surface area contributed by atoms with Gasteiger partial charge in [-0.1, -0.05) is 49.6 Å². The third-order valence-electron chi connectivity index (χ3n) is 5.39. The number of nitrogens with zero attached hydrogens (tertiary/aromatic N) is 1. The van der Waals surface area contributed by atoms with Crippen molar-refractivity contribution in [3.8, 4) is 0 Å². The molecule has 0 N–H and O–H groups in total. The van der Waals surface area contributed by atoms with Gasteiger partial charge in [0.25, 0.3) is 0 Å². The topological polar surface area (TPSA) is 20.3 Å². The van der Waals surface area contributed by atoms with Crippen LogP contribution in [0.15, 0.2) is 30.3 Å². The van der Waals surface area contributed by atoms with Gasteiger partial charge in [0.05, 0.1) is 5.54 Å². The van der Waals surface area contributed by atoms with E-state index in [4.69, 9.17) is 0 Å². The molecule has 0 radical (unpaired) electrons. The monoisotopic (exact) mass is 285 g/mol. The van der Waals surface area contributed by atoms with Crippen LogP contribution in [0.3, 0.4) is 0 Å². The van der Waals surface area contributed by atoms with Gasteiger partial charge in [-0.25, -0.2) is 0 Å². The van der Waals surface area contributed by atoms with Crippen LogP contribution in [0.4, 0.5) is 0 Å². The zero-order valence-electron chi connectivity index (χ0n) is 13.0. The van der Waals surface area contributed by atoms with Gasteiger partial charge < -0.3 is 0 Å². The highest BCUT2D eigenvalue weighted by atomic mass is 16.1. The molecule has 1 heterocycles. The molecule has 2 heteroatoms. The number of hydrogen-bond donors (Lipinski definition) is 0. The Morgan fingerprint density at radius 1 is 0.952 bits per heavy atom. The second-order valence-electron chi connectivity index (χ2n) is 6.70. The Kier molecular flexibility index (Phi) is 4.74. The van der Waals surface area contributed by atoms with E-state index in [0.717, 1.165) is 32.4 Å². The second kappa shape index (κ2) is 6.74. The smallest absolute Gasteiger partial charge is 0.153 e. The first-order chi connectivity index (χ1) is 10.3. The molecule has 2 nitrogen and oxygen atoms in total. The average molecular weight is 285 g/mol. The van der Waals surface area contributed by atoms with Crippen LogP contribution in [0.5, 0.6) is 0 Å². The van der Waals surface area contributed by atoms with Gasteiger partial charge in [-0.3, -0.25) is 9.69 Å². The summed E-state index contributed by atoms with van der Waals surface area (Å²) in [7, 11) is 0. The minimum absolute atomic E-state index is 0.102. The molecule has 21 heavy (non-hydrogen) atoms. The lowest BCUT2D eigenvalue weighted by molar-refractivity contribution is -0.132. The van der Waals surface area contributed by atoms with Crippen LogP contribution in [-0.2, 0) is 11.2 Å². The van der Waals surface area contributed by atoms with Gasteiger partial charge >= 0.3 is 0 Å². The maximum Gasteiger partial charge on any atom is 0.153 e. The van der Waals surface area contributed by atoms with Crippen molar-refractivity contribution in [2.75, 3.05) is 13.1 Å². The summed E-state index contributed by atoms with van der Waals surface area (Å²) in [6.45, 7) is 2.27. The number of carbonyl (C=O) groups is 1. The third kappa shape index (κ3) is 3.21. The number of Topliss-reactive ketones (excluding diaryl/α,β-unsaturated/α-hetero) is 1. The molecular formula is C19H27NO. The summed E-state index contributed by atoms with van der Waals surface area (Å²) in [5, 5.41) is 0. The number of benzene rings is 1. The first-order valence-electron chi connectivity index (χ1n) is 8.64. The molecule has 3 rings (SSSR count). The average Bonchev–Trinajstić information content (AvgIpc) is 3.05. The quantitative estimate of drug-likeness (QED) is 0.815.